The van der Waals surface area contributed by atoms with E-state index < -0.39 is 0 Å². The first kappa shape index (κ1) is 10.1. The van der Waals surface area contributed by atoms with E-state index >= 15 is 0 Å². The summed E-state index contributed by atoms with van der Waals surface area (Å²) in [6.07, 6.45) is 4.61. The van der Waals surface area contributed by atoms with Gasteiger partial charge in [-0.25, -0.2) is 0 Å². The topological polar surface area (TPSA) is 31.5 Å². The molecule has 0 aromatic carbocycles. The van der Waals surface area contributed by atoms with E-state index in [1.165, 1.54) is 19.3 Å². The molecule has 0 spiro atoms. The van der Waals surface area contributed by atoms with Crippen molar-refractivity contribution >= 4 is 7.85 Å². The second-order valence-electron chi connectivity index (χ2n) is 1.50. The van der Waals surface area contributed by atoms with E-state index in [1.807, 2.05) is 0 Å². The third-order valence-corrected chi connectivity index (χ3v) is 0.808. The Hall–Kier alpha value is 0.0249. The molecule has 0 saturated carbocycles. The first-order chi connectivity index (χ1) is 2.91. The summed E-state index contributed by atoms with van der Waals surface area (Å²) in [7, 11) is 5.21. The average Bonchev–Trinajstić information content (AvgIpc) is 1.61. The molecule has 2 N–H and O–H groups in total. The fourth-order valence-electron chi connectivity index (χ4n) is 0.394. The lowest BCUT2D eigenvalue weighted by Gasteiger charge is -1.86. The summed E-state index contributed by atoms with van der Waals surface area (Å²) in [6, 6.07) is 0. The highest BCUT2D eigenvalue weighted by molar-refractivity contribution is 6.08. The molecule has 0 aliphatic heterocycles. The van der Waals surface area contributed by atoms with Crippen molar-refractivity contribution in [3.8, 4) is 0 Å². The van der Waals surface area contributed by atoms with Crippen LogP contribution in [0.3, 0.4) is 0 Å². The quantitative estimate of drug-likeness (QED) is 0.373. The van der Waals surface area contributed by atoms with Crippen molar-refractivity contribution in [1.82, 2.24) is 0 Å². The zero-order chi connectivity index (χ0) is 4.83. The van der Waals surface area contributed by atoms with Gasteiger partial charge in [-0.05, 0) is 0 Å². The zero-order valence-corrected chi connectivity index (χ0v) is 4.91. The van der Waals surface area contributed by atoms with Crippen LogP contribution in [0.2, 0.25) is 6.32 Å². The van der Waals surface area contributed by atoms with Gasteiger partial charge >= 0.3 is 0 Å². The van der Waals surface area contributed by atoms with E-state index in [-0.39, 0.29) is 5.48 Å². The second-order valence-corrected chi connectivity index (χ2v) is 1.50. The molecule has 0 atom stereocenters. The van der Waals surface area contributed by atoms with Crippen LogP contribution in [0.15, 0.2) is 0 Å². The molecule has 0 unspecified atom stereocenters. The molecule has 0 fully saturated rings. The van der Waals surface area contributed by atoms with Gasteiger partial charge in [-0.3, -0.25) is 0 Å². The Morgan fingerprint density at radius 3 is 2.00 bits per heavy atom. The van der Waals surface area contributed by atoms with Gasteiger partial charge in [0.25, 0.3) is 0 Å². The first-order valence-electron chi connectivity index (χ1n) is 2.62. The SMILES string of the molecule is O.[B]CCCCC. The predicted octanol–water partition coefficient (Wildman–Crippen LogP) is 0.939. The molecule has 0 rings (SSSR count). The largest absolute Gasteiger partial charge is 0.412 e. The summed E-state index contributed by atoms with van der Waals surface area (Å²) in [5, 5.41) is 0. The first-order valence-corrected chi connectivity index (χ1v) is 2.62. The highest BCUT2D eigenvalue weighted by Crippen LogP contribution is 1.94. The minimum atomic E-state index is 0. The van der Waals surface area contributed by atoms with Crippen molar-refractivity contribution in [1.29, 1.82) is 0 Å². The predicted molar refractivity (Wildman–Crippen MR) is 33.7 cm³/mol. The van der Waals surface area contributed by atoms with Crippen LogP contribution in [0.4, 0.5) is 0 Å². The molecule has 2 radical (unpaired) electrons. The highest BCUT2D eigenvalue weighted by atomic mass is 16.0. The molecule has 2 heteroatoms. The van der Waals surface area contributed by atoms with Crippen LogP contribution in [0.25, 0.3) is 0 Å². The van der Waals surface area contributed by atoms with Gasteiger partial charge in [0, 0.05) is 0 Å². The zero-order valence-electron chi connectivity index (χ0n) is 4.91. The number of hydrogen-bond acceptors (Lipinski definition) is 0. The summed E-state index contributed by atoms with van der Waals surface area (Å²) >= 11 is 0. The van der Waals surface area contributed by atoms with Gasteiger partial charge in [-0.2, -0.15) is 0 Å². The molecule has 0 aromatic rings. The maximum absolute atomic E-state index is 5.21. The van der Waals surface area contributed by atoms with Gasteiger partial charge in [0.2, 0.25) is 0 Å². The Balaban J connectivity index is 0. The van der Waals surface area contributed by atoms with E-state index in [4.69, 9.17) is 7.85 Å². The van der Waals surface area contributed by atoms with Crippen molar-refractivity contribution in [2.75, 3.05) is 0 Å². The summed E-state index contributed by atoms with van der Waals surface area (Å²) in [5.74, 6) is 0. The molecule has 0 heterocycles. The molecule has 0 saturated heterocycles. The molecular weight excluding hydrogens is 86.9 g/mol. The van der Waals surface area contributed by atoms with Gasteiger partial charge < -0.3 is 5.48 Å². The lowest BCUT2D eigenvalue weighted by molar-refractivity contribution is 0.771. The molecular formula is C5H13BO. The molecule has 0 bridgehead atoms. The third kappa shape index (κ3) is 10.7. The molecule has 7 heavy (non-hydrogen) atoms. The summed E-state index contributed by atoms with van der Waals surface area (Å²) in [4.78, 5) is 0. The average molecular weight is 100.0 g/mol. The molecule has 1 nitrogen and oxygen atoms in total. The van der Waals surface area contributed by atoms with Crippen LogP contribution >= 0.6 is 0 Å². The van der Waals surface area contributed by atoms with Crippen LogP contribution in [0, 0.1) is 0 Å². The van der Waals surface area contributed by atoms with E-state index in [9.17, 15) is 0 Å². The van der Waals surface area contributed by atoms with Crippen LogP contribution in [-0.2, 0) is 0 Å². The van der Waals surface area contributed by atoms with Crippen LogP contribution in [0.1, 0.15) is 26.2 Å². The smallest absolute Gasteiger partial charge is 0.0653 e. The van der Waals surface area contributed by atoms with E-state index in [0.29, 0.717) is 0 Å². The van der Waals surface area contributed by atoms with Crippen molar-refractivity contribution in [2.24, 2.45) is 0 Å². The van der Waals surface area contributed by atoms with Crippen LogP contribution in [0.5, 0.6) is 0 Å². The standard InChI is InChI=1S/C5H11B.H2O/c1-2-3-4-5-6;/h2-5H2,1H3;1H2. The minimum absolute atomic E-state index is 0. The third-order valence-electron chi connectivity index (χ3n) is 0.808. The number of unbranched alkanes of at least 4 members (excludes halogenated alkanes) is 2. The van der Waals surface area contributed by atoms with E-state index in [1.54, 1.807) is 0 Å². The van der Waals surface area contributed by atoms with E-state index in [2.05, 4.69) is 6.92 Å². The Morgan fingerprint density at radius 2 is 1.86 bits per heavy atom. The minimum Gasteiger partial charge on any atom is -0.412 e. The van der Waals surface area contributed by atoms with Crippen molar-refractivity contribution in [3.05, 3.63) is 0 Å². The molecule has 0 amide bonds. The molecule has 0 aliphatic rings. The maximum atomic E-state index is 5.21. The van der Waals surface area contributed by atoms with Crippen molar-refractivity contribution in [3.63, 3.8) is 0 Å². The fraction of sp³-hybridized carbons (Fsp3) is 1.00. The Bertz CT molecular complexity index is 20.0. The summed E-state index contributed by atoms with van der Waals surface area (Å²) < 4.78 is 0. The van der Waals surface area contributed by atoms with Gasteiger partial charge in [0.05, 0.1) is 7.85 Å². The van der Waals surface area contributed by atoms with Crippen molar-refractivity contribution < 1.29 is 5.48 Å². The Labute approximate surface area is 46.8 Å². The maximum Gasteiger partial charge on any atom is 0.0653 e. The van der Waals surface area contributed by atoms with Gasteiger partial charge in [0.15, 0.2) is 0 Å². The van der Waals surface area contributed by atoms with Gasteiger partial charge in [-0.15, -0.1) is 0 Å². The Kier molecular flexibility index (Phi) is 13.5. The molecule has 0 aromatic heterocycles. The number of rotatable bonds is 3. The lowest BCUT2D eigenvalue weighted by atomic mass is 10.00. The Morgan fingerprint density at radius 1 is 1.29 bits per heavy atom. The normalized spacial score (nSPS) is 7.57. The van der Waals surface area contributed by atoms with E-state index in [0.717, 1.165) is 6.32 Å². The van der Waals surface area contributed by atoms with Crippen LogP contribution in [-0.4, -0.2) is 13.3 Å². The van der Waals surface area contributed by atoms with Gasteiger partial charge in [-0.1, -0.05) is 32.5 Å². The van der Waals surface area contributed by atoms with Crippen LogP contribution < -0.4 is 0 Å². The molecule has 0 aliphatic carbocycles. The summed E-state index contributed by atoms with van der Waals surface area (Å²) in [5.41, 5.74) is 0. The highest BCUT2D eigenvalue weighted by Gasteiger charge is 1.75. The summed E-state index contributed by atoms with van der Waals surface area (Å²) in [6.45, 7) is 2.18. The lowest BCUT2D eigenvalue weighted by Crippen LogP contribution is -1.69. The van der Waals surface area contributed by atoms with Crippen molar-refractivity contribution in [2.45, 2.75) is 32.5 Å². The molecule has 42 valence electrons. The monoisotopic (exact) mass is 100 g/mol. The fourth-order valence-corrected chi connectivity index (χ4v) is 0.394. The number of hydrogen-bond donors (Lipinski definition) is 0. The van der Waals surface area contributed by atoms with Gasteiger partial charge in [0.1, 0.15) is 0 Å². The second kappa shape index (κ2) is 9.39.